The number of hydrogen-bond acceptors (Lipinski definition) is 7. The summed E-state index contributed by atoms with van der Waals surface area (Å²) in [5, 5.41) is 5.19. The summed E-state index contributed by atoms with van der Waals surface area (Å²) >= 11 is 0. The van der Waals surface area contributed by atoms with Crippen molar-refractivity contribution in [2.45, 2.75) is 32.5 Å². The van der Waals surface area contributed by atoms with E-state index in [0.717, 1.165) is 17.5 Å². The molecule has 0 bridgehead atoms. The summed E-state index contributed by atoms with van der Waals surface area (Å²) in [4.78, 5) is 22.6. The van der Waals surface area contributed by atoms with Crippen LogP contribution >= 0.6 is 0 Å². The molecule has 0 aliphatic heterocycles. The predicted octanol–water partition coefficient (Wildman–Crippen LogP) is 3.84. The van der Waals surface area contributed by atoms with Crippen LogP contribution in [-0.2, 0) is 6.18 Å². The van der Waals surface area contributed by atoms with Crippen molar-refractivity contribution in [3.05, 3.63) is 48.1 Å². The minimum absolute atomic E-state index is 0.0193. The highest BCUT2D eigenvalue weighted by atomic mass is 19.4. The van der Waals surface area contributed by atoms with Crippen molar-refractivity contribution in [3.63, 3.8) is 0 Å². The van der Waals surface area contributed by atoms with Gasteiger partial charge in [0.05, 0.1) is 29.6 Å². The Labute approximate surface area is 179 Å². The van der Waals surface area contributed by atoms with Gasteiger partial charge in [0.25, 0.3) is 0 Å². The Kier molecular flexibility index (Phi) is 4.31. The lowest BCUT2D eigenvalue weighted by Gasteiger charge is -2.16. The minimum Gasteiger partial charge on any atom is -0.357 e. The maximum atomic E-state index is 12.9. The Bertz CT molecular complexity index is 1310. The summed E-state index contributed by atoms with van der Waals surface area (Å²) in [6.45, 7) is 1.01. The molecule has 1 unspecified atom stereocenters. The zero-order chi connectivity index (χ0) is 24.7. The normalized spacial score (nSPS) is 14.7. The maximum absolute atomic E-state index is 12.9. The van der Waals surface area contributed by atoms with Crippen LogP contribution in [0.4, 0.5) is 25.1 Å². The van der Waals surface area contributed by atoms with Gasteiger partial charge in [0.15, 0.2) is 5.82 Å². The first-order chi connectivity index (χ1) is 15.9. The first-order valence-electron chi connectivity index (χ1n) is 10.8. The highest BCUT2D eigenvalue weighted by molar-refractivity contribution is 5.61. The number of imidazole rings is 2. The van der Waals surface area contributed by atoms with Crippen LogP contribution in [0.1, 0.15) is 40.8 Å². The third-order valence-electron chi connectivity index (χ3n) is 4.67. The number of hydrogen-bond donors (Lipinski definition) is 3. The third-order valence-corrected chi connectivity index (χ3v) is 4.67. The molecule has 0 fully saturated rings. The summed E-state index contributed by atoms with van der Waals surface area (Å²) in [6.07, 6.45) is 0.286. The Morgan fingerprint density at radius 1 is 1.16 bits per heavy atom. The monoisotopic (exact) mass is 434 g/mol. The van der Waals surface area contributed by atoms with E-state index >= 15 is 0 Å². The molecule has 4 aromatic heterocycles. The van der Waals surface area contributed by atoms with Crippen molar-refractivity contribution in [2.24, 2.45) is 0 Å². The lowest BCUT2D eigenvalue weighted by atomic mass is 10.2. The van der Waals surface area contributed by atoms with Crippen molar-refractivity contribution in [1.29, 1.82) is 0 Å². The van der Waals surface area contributed by atoms with Crippen LogP contribution < -0.4 is 10.6 Å². The zero-order valence-electron chi connectivity index (χ0n) is 19.5. The summed E-state index contributed by atoms with van der Waals surface area (Å²) in [7, 11) is 0. The van der Waals surface area contributed by atoms with Crippen molar-refractivity contribution in [3.8, 4) is 11.4 Å². The first kappa shape index (κ1) is 17.0. The second-order valence-corrected chi connectivity index (χ2v) is 6.74. The molecular formula is C19H20F3N9. The molecule has 31 heavy (non-hydrogen) atoms. The number of aromatic amines is 1. The number of halogens is 3. The van der Waals surface area contributed by atoms with Crippen LogP contribution in [0.25, 0.3) is 16.9 Å². The molecule has 0 aromatic carbocycles. The van der Waals surface area contributed by atoms with Gasteiger partial charge in [0.2, 0.25) is 17.7 Å². The lowest BCUT2D eigenvalue weighted by Crippen LogP contribution is -2.15. The summed E-state index contributed by atoms with van der Waals surface area (Å²) in [5.41, 5.74) is 1.58. The number of H-pyrrole nitrogens is 1. The standard InChI is InChI=1S/C19H20F3N9/c1-4-13(14-8-25-16(26-14)19(20,21)22)27-18-29-15(28-17(23-3)30-18)11-5-6-12-7-24-10(2)31(12)9-11/h5-9,13H,4H2,1-3H3,(H,25,26)(H2,23,27,28,29,30)/i3D3. The van der Waals surface area contributed by atoms with Crippen LogP contribution in [0, 0.1) is 6.92 Å². The van der Waals surface area contributed by atoms with E-state index in [9.17, 15) is 13.2 Å². The van der Waals surface area contributed by atoms with E-state index in [4.69, 9.17) is 4.11 Å². The average molecular weight is 434 g/mol. The highest BCUT2D eigenvalue weighted by Gasteiger charge is 2.35. The Hall–Kier alpha value is -3.70. The molecule has 0 saturated heterocycles. The second-order valence-electron chi connectivity index (χ2n) is 6.74. The van der Waals surface area contributed by atoms with E-state index in [1.54, 1.807) is 31.5 Å². The largest absolute Gasteiger partial charge is 0.449 e. The van der Waals surface area contributed by atoms with Crippen molar-refractivity contribution >= 4 is 17.4 Å². The van der Waals surface area contributed by atoms with Crippen molar-refractivity contribution < 1.29 is 17.3 Å². The van der Waals surface area contributed by atoms with Gasteiger partial charge in [-0.1, -0.05) is 6.92 Å². The van der Waals surface area contributed by atoms with Crippen molar-refractivity contribution in [2.75, 3.05) is 17.6 Å². The second kappa shape index (κ2) is 7.85. The lowest BCUT2D eigenvalue weighted by molar-refractivity contribution is -0.144. The molecule has 4 aromatic rings. The number of aromatic nitrogens is 7. The molecule has 0 aliphatic rings. The van der Waals surface area contributed by atoms with Crippen LogP contribution in [0.15, 0.2) is 30.7 Å². The number of pyridine rings is 1. The SMILES string of the molecule is [2H]C([2H])([2H])Nc1nc(NC(CC)c2cnc(C(F)(F)F)[nH]2)nc(-c2ccc3cnc(C)n3c2)n1. The van der Waals surface area contributed by atoms with Crippen molar-refractivity contribution in [1.82, 2.24) is 34.3 Å². The molecule has 12 heteroatoms. The van der Waals surface area contributed by atoms with E-state index in [1.807, 2.05) is 11.3 Å². The number of anilines is 2. The molecule has 3 N–H and O–H groups in total. The topological polar surface area (TPSA) is 109 Å². The molecule has 0 spiro atoms. The van der Waals surface area contributed by atoms with Gasteiger partial charge in [-0.3, -0.25) is 0 Å². The summed E-state index contributed by atoms with van der Waals surface area (Å²) < 4.78 is 63.1. The Morgan fingerprint density at radius 3 is 2.68 bits per heavy atom. The molecule has 0 saturated carbocycles. The van der Waals surface area contributed by atoms with E-state index in [0.29, 0.717) is 12.0 Å². The quantitative estimate of drug-likeness (QED) is 0.423. The number of nitrogens with zero attached hydrogens (tertiary/aromatic N) is 6. The molecule has 0 amide bonds. The van der Waals surface area contributed by atoms with Gasteiger partial charge in [-0.15, -0.1) is 0 Å². The summed E-state index contributed by atoms with van der Waals surface area (Å²) in [6, 6.07) is 2.90. The number of nitrogens with one attached hydrogen (secondary N) is 3. The third kappa shape index (κ3) is 4.13. The van der Waals surface area contributed by atoms with E-state index in [-0.39, 0.29) is 23.4 Å². The summed E-state index contributed by atoms with van der Waals surface area (Å²) in [5.74, 6) is -0.460. The van der Waals surface area contributed by atoms with Gasteiger partial charge in [-0.05, 0) is 25.5 Å². The van der Waals surface area contributed by atoms with Gasteiger partial charge in [0, 0.05) is 22.8 Å². The molecule has 9 nitrogen and oxygen atoms in total. The molecule has 4 heterocycles. The predicted molar refractivity (Wildman–Crippen MR) is 109 cm³/mol. The van der Waals surface area contributed by atoms with Crippen LogP contribution in [0.2, 0.25) is 0 Å². The van der Waals surface area contributed by atoms with Gasteiger partial charge in [-0.25, -0.2) is 9.97 Å². The van der Waals surface area contributed by atoms with Crippen LogP contribution in [0.3, 0.4) is 0 Å². The fourth-order valence-corrected chi connectivity index (χ4v) is 3.09. The first-order valence-corrected chi connectivity index (χ1v) is 9.30. The number of aryl methyl sites for hydroxylation is 1. The van der Waals surface area contributed by atoms with Crippen LogP contribution in [-0.4, -0.2) is 41.3 Å². The molecule has 0 radical (unpaired) electrons. The fourth-order valence-electron chi connectivity index (χ4n) is 3.09. The fraction of sp³-hybridized carbons (Fsp3) is 0.316. The van der Waals surface area contributed by atoms with Gasteiger partial charge < -0.3 is 20.0 Å². The minimum atomic E-state index is -4.61. The van der Waals surface area contributed by atoms with E-state index < -0.39 is 25.0 Å². The van der Waals surface area contributed by atoms with Crippen LogP contribution in [0.5, 0.6) is 0 Å². The molecule has 4 rings (SSSR count). The van der Waals surface area contributed by atoms with E-state index in [2.05, 4.69) is 40.5 Å². The molecule has 1 atom stereocenters. The number of fused-ring (bicyclic) bond motifs is 1. The Balaban J connectivity index is 1.72. The van der Waals surface area contributed by atoms with Gasteiger partial charge in [0.1, 0.15) is 5.82 Å². The smallest absolute Gasteiger partial charge is 0.357 e. The number of rotatable bonds is 6. The van der Waals surface area contributed by atoms with Gasteiger partial charge >= 0.3 is 6.18 Å². The van der Waals surface area contributed by atoms with E-state index in [1.165, 1.54) is 0 Å². The highest BCUT2D eigenvalue weighted by Crippen LogP contribution is 2.29. The maximum Gasteiger partial charge on any atom is 0.449 e. The molecule has 0 aliphatic carbocycles. The van der Waals surface area contributed by atoms with Gasteiger partial charge in [-0.2, -0.15) is 28.1 Å². The molecule has 162 valence electrons. The number of alkyl halides is 3. The molecular weight excluding hydrogens is 411 g/mol. The zero-order valence-corrected chi connectivity index (χ0v) is 16.5. The average Bonchev–Trinajstić information content (AvgIpc) is 3.38. The Morgan fingerprint density at radius 2 is 1.97 bits per heavy atom.